The van der Waals surface area contributed by atoms with Crippen LogP contribution in [-0.4, -0.2) is 43.3 Å². The molecule has 2 amide bonds. The molecule has 1 N–H and O–H groups in total. The molecule has 0 aromatic heterocycles. The minimum atomic E-state index is -4.85. The SMILES string of the molecule is CCC1CC(=O)N(Cc2ccc(NC(=O)OC)cc2)N=C1c1ccc(OC(F)(F)F)c(OC)c1. The van der Waals surface area contributed by atoms with Crippen molar-refractivity contribution >= 4 is 23.4 Å². The number of hydrazone groups is 1. The number of methoxy groups -OCH3 is 2. The van der Waals surface area contributed by atoms with Gasteiger partial charge in [-0.25, -0.2) is 9.80 Å². The van der Waals surface area contributed by atoms with Crippen LogP contribution in [0.1, 0.15) is 30.9 Å². The molecule has 0 radical (unpaired) electrons. The van der Waals surface area contributed by atoms with Crippen molar-refractivity contribution in [2.45, 2.75) is 32.7 Å². The van der Waals surface area contributed by atoms with Gasteiger partial charge in [-0.1, -0.05) is 19.1 Å². The summed E-state index contributed by atoms with van der Waals surface area (Å²) in [6, 6.07) is 10.9. The van der Waals surface area contributed by atoms with E-state index >= 15 is 0 Å². The molecular weight excluding hydrogens is 455 g/mol. The number of nitrogens with zero attached hydrogens (tertiary/aromatic N) is 2. The fourth-order valence-corrected chi connectivity index (χ4v) is 3.51. The van der Waals surface area contributed by atoms with E-state index in [4.69, 9.17) is 4.74 Å². The van der Waals surface area contributed by atoms with Gasteiger partial charge in [0.2, 0.25) is 5.91 Å². The van der Waals surface area contributed by atoms with Crippen molar-refractivity contribution in [2.75, 3.05) is 19.5 Å². The van der Waals surface area contributed by atoms with Gasteiger partial charge in [-0.2, -0.15) is 5.10 Å². The van der Waals surface area contributed by atoms with Gasteiger partial charge in [0.05, 0.1) is 26.5 Å². The molecule has 1 unspecified atom stereocenters. The molecule has 11 heteroatoms. The lowest BCUT2D eigenvalue weighted by atomic mass is 9.89. The minimum Gasteiger partial charge on any atom is -0.493 e. The fraction of sp³-hybridized carbons (Fsp3) is 0.348. The molecule has 182 valence electrons. The summed E-state index contributed by atoms with van der Waals surface area (Å²) in [6.07, 6.45) is -4.62. The van der Waals surface area contributed by atoms with Gasteiger partial charge in [-0.3, -0.25) is 10.1 Å². The first-order valence-electron chi connectivity index (χ1n) is 10.4. The lowest BCUT2D eigenvalue weighted by molar-refractivity contribution is -0.275. The van der Waals surface area contributed by atoms with Crippen molar-refractivity contribution in [2.24, 2.45) is 11.0 Å². The van der Waals surface area contributed by atoms with E-state index in [1.807, 2.05) is 6.92 Å². The number of hydrogen-bond acceptors (Lipinski definition) is 6. The first-order valence-corrected chi connectivity index (χ1v) is 10.4. The summed E-state index contributed by atoms with van der Waals surface area (Å²) in [7, 11) is 2.51. The molecule has 1 aliphatic rings. The van der Waals surface area contributed by atoms with Crippen LogP contribution in [0.2, 0.25) is 0 Å². The molecule has 0 bridgehead atoms. The Morgan fingerprint density at radius 1 is 1.15 bits per heavy atom. The van der Waals surface area contributed by atoms with Gasteiger partial charge < -0.3 is 14.2 Å². The summed E-state index contributed by atoms with van der Waals surface area (Å²) in [5.74, 6) is -0.924. The van der Waals surface area contributed by atoms with Gasteiger partial charge in [0.25, 0.3) is 0 Å². The number of benzene rings is 2. The normalized spacial score (nSPS) is 16.1. The largest absolute Gasteiger partial charge is 0.573 e. The van der Waals surface area contributed by atoms with Crippen molar-refractivity contribution in [3.05, 3.63) is 53.6 Å². The second-order valence-electron chi connectivity index (χ2n) is 7.47. The number of halogens is 3. The Labute approximate surface area is 194 Å². The van der Waals surface area contributed by atoms with Crippen LogP contribution in [-0.2, 0) is 16.1 Å². The van der Waals surface area contributed by atoms with Crippen LogP contribution >= 0.6 is 0 Å². The zero-order chi connectivity index (χ0) is 24.9. The molecule has 0 saturated heterocycles. The number of carbonyl (C=O) groups excluding carboxylic acids is 2. The predicted molar refractivity (Wildman–Crippen MR) is 118 cm³/mol. The summed E-state index contributed by atoms with van der Waals surface area (Å²) in [6.45, 7) is 2.10. The van der Waals surface area contributed by atoms with Crippen molar-refractivity contribution < 1.29 is 37.0 Å². The van der Waals surface area contributed by atoms with E-state index in [1.165, 1.54) is 37.4 Å². The van der Waals surface area contributed by atoms with E-state index in [0.717, 1.165) is 5.56 Å². The van der Waals surface area contributed by atoms with Gasteiger partial charge in [-0.05, 0) is 42.3 Å². The molecule has 34 heavy (non-hydrogen) atoms. The molecule has 0 spiro atoms. The Morgan fingerprint density at radius 3 is 2.44 bits per heavy atom. The second kappa shape index (κ2) is 10.4. The van der Waals surface area contributed by atoms with Crippen LogP contribution in [0, 0.1) is 5.92 Å². The molecule has 3 rings (SSSR count). The first-order chi connectivity index (χ1) is 16.1. The quantitative estimate of drug-likeness (QED) is 0.608. The molecule has 2 aromatic rings. The summed E-state index contributed by atoms with van der Waals surface area (Å²) in [4.78, 5) is 24.0. The Hall–Kier alpha value is -3.76. The number of nitrogens with one attached hydrogen (secondary N) is 1. The number of carbonyl (C=O) groups is 2. The standard InChI is InChI=1S/C23H24F3N3O5/c1-4-15-12-20(30)29(13-14-5-8-17(9-6-14)27-22(31)33-3)28-21(15)16-7-10-18(19(11-16)32-2)34-23(24,25)26/h5-11,15H,4,12-13H2,1-3H3,(H,27,31). The van der Waals surface area contributed by atoms with E-state index in [9.17, 15) is 22.8 Å². The number of hydrogen-bond donors (Lipinski definition) is 1. The first kappa shape index (κ1) is 24.9. The maximum Gasteiger partial charge on any atom is 0.573 e. The smallest absolute Gasteiger partial charge is 0.493 e. The molecule has 1 heterocycles. The van der Waals surface area contributed by atoms with E-state index in [1.54, 1.807) is 24.3 Å². The van der Waals surface area contributed by atoms with Crippen molar-refractivity contribution in [1.29, 1.82) is 0 Å². The fourth-order valence-electron chi connectivity index (χ4n) is 3.51. The number of alkyl halides is 3. The molecular formula is C23H24F3N3O5. The number of anilines is 1. The monoisotopic (exact) mass is 479 g/mol. The highest BCUT2D eigenvalue weighted by Gasteiger charge is 2.33. The van der Waals surface area contributed by atoms with Crippen molar-refractivity contribution in [3.8, 4) is 11.5 Å². The maximum absolute atomic E-state index is 12.7. The second-order valence-corrected chi connectivity index (χ2v) is 7.47. The lowest BCUT2D eigenvalue weighted by Crippen LogP contribution is -2.36. The number of rotatable bonds is 7. The van der Waals surface area contributed by atoms with Crippen LogP contribution < -0.4 is 14.8 Å². The number of amides is 2. The molecule has 0 fully saturated rings. The van der Waals surface area contributed by atoms with E-state index in [0.29, 0.717) is 23.4 Å². The Bertz CT molecular complexity index is 1070. The molecule has 0 aliphatic carbocycles. The van der Waals surface area contributed by atoms with Gasteiger partial charge in [-0.15, -0.1) is 13.2 Å². The number of ether oxygens (including phenoxy) is 3. The molecule has 8 nitrogen and oxygen atoms in total. The summed E-state index contributed by atoms with van der Waals surface area (Å²) in [5.41, 5.74) is 2.41. The van der Waals surface area contributed by atoms with Crippen LogP contribution in [0.15, 0.2) is 47.6 Å². The Kier molecular flexibility index (Phi) is 7.64. The summed E-state index contributed by atoms with van der Waals surface area (Å²) in [5, 5.41) is 8.41. The lowest BCUT2D eigenvalue weighted by Gasteiger charge is -2.29. The van der Waals surface area contributed by atoms with Crippen molar-refractivity contribution in [3.63, 3.8) is 0 Å². The zero-order valence-electron chi connectivity index (χ0n) is 18.8. The van der Waals surface area contributed by atoms with Crippen LogP contribution in [0.3, 0.4) is 0 Å². The molecule has 1 aliphatic heterocycles. The third-order valence-corrected chi connectivity index (χ3v) is 5.22. The average molecular weight is 479 g/mol. The highest BCUT2D eigenvalue weighted by atomic mass is 19.4. The molecule has 0 saturated carbocycles. The molecule has 1 atom stereocenters. The average Bonchev–Trinajstić information content (AvgIpc) is 2.80. The predicted octanol–water partition coefficient (Wildman–Crippen LogP) is 4.93. The zero-order valence-corrected chi connectivity index (χ0v) is 18.8. The highest BCUT2D eigenvalue weighted by Crippen LogP contribution is 2.35. The van der Waals surface area contributed by atoms with Crippen LogP contribution in [0.25, 0.3) is 0 Å². The van der Waals surface area contributed by atoms with E-state index in [-0.39, 0.29) is 30.5 Å². The third-order valence-electron chi connectivity index (χ3n) is 5.22. The third kappa shape index (κ3) is 6.18. The Morgan fingerprint density at radius 2 is 1.85 bits per heavy atom. The topological polar surface area (TPSA) is 89.5 Å². The summed E-state index contributed by atoms with van der Waals surface area (Å²) < 4.78 is 51.6. The minimum absolute atomic E-state index is 0.0930. The molecule has 2 aromatic carbocycles. The highest BCUT2D eigenvalue weighted by molar-refractivity contribution is 6.06. The summed E-state index contributed by atoms with van der Waals surface area (Å²) >= 11 is 0. The van der Waals surface area contributed by atoms with E-state index < -0.39 is 18.2 Å². The van der Waals surface area contributed by atoms with E-state index in [2.05, 4.69) is 19.9 Å². The van der Waals surface area contributed by atoms with Gasteiger partial charge in [0.1, 0.15) is 0 Å². The van der Waals surface area contributed by atoms with Crippen molar-refractivity contribution in [1.82, 2.24) is 5.01 Å². The van der Waals surface area contributed by atoms with Crippen LogP contribution in [0.4, 0.5) is 23.7 Å². The Balaban J connectivity index is 1.86. The van der Waals surface area contributed by atoms with Gasteiger partial charge in [0, 0.05) is 23.6 Å². The van der Waals surface area contributed by atoms with Crippen LogP contribution in [0.5, 0.6) is 11.5 Å². The maximum atomic E-state index is 12.7. The van der Waals surface area contributed by atoms with Gasteiger partial charge >= 0.3 is 12.5 Å². The van der Waals surface area contributed by atoms with Gasteiger partial charge in [0.15, 0.2) is 11.5 Å².